The number of hydrogen-bond acceptors (Lipinski definition) is 10. The molecule has 11 heteroatoms. The van der Waals surface area contributed by atoms with Gasteiger partial charge < -0.3 is 14.6 Å². The van der Waals surface area contributed by atoms with Crippen molar-refractivity contribution in [1.29, 1.82) is 0 Å². The van der Waals surface area contributed by atoms with Crippen molar-refractivity contribution in [3.05, 3.63) is 94.3 Å². The lowest BCUT2D eigenvalue weighted by molar-refractivity contribution is -0.132. The molecule has 0 radical (unpaired) electrons. The summed E-state index contributed by atoms with van der Waals surface area (Å²) in [4.78, 5) is 60.5. The first-order valence-electron chi connectivity index (χ1n) is 10.9. The standard InChI is InChI=1S/C26H21N3O7S/c1-4-13-36-25(34)22-14(2)28-26(37-22)29-19(15-5-7-17(8-6-15)24(33)35-3)18(21(31)23(29)32)20(30)16-9-11-27-12-10-16/h4-12,19,30H,1,13H2,2-3H3. The number of carbonyl (C=O) groups excluding carboxylic acids is 4. The number of Topliss-reactive ketones (excluding diaryl/α,β-unsaturated/α-hetero) is 1. The zero-order valence-corrected chi connectivity index (χ0v) is 20.7. The van der Waals surface area contributed by atoms with Crippen LogP contribution in [0.2, 0.25) is 0 Å². The van der Waals surface area contributed by atoms with E-state index in [2.05, 4.69) is 16.5 Å². The Kier molecular flexibility index (Phi) is 7.25. The van der Waals surface area contributed by atoms with Crippen LogP contribution in [0.3, 0.4) is 0 Å². The maximum atomic E-state index is 13.3. The molecule has 1 aliphatic heterocycles. The summed E-state index contributed by atoms with van der Waals surface area (Å²) >= 11 is 0.885. The molecule has 1 N–H and O–H groups in total. The van der Waals surface area contributed by atoms with Crippen LogP contribution in [-0.4, -0.2) is 52.4 Å². The number of carbonyl (C=O) groups is 4. The number of esters is 2. The Morgan fingerprint density at radius 3 is 2.41 bits per heavy atom. The Labute approximate surface area is 215 Å². The molecular weight excluding hydrogens is 498 g/mol. The summed E-state index contributed by atoms with van der Waals surface area (Å²) in [5.41, 5.74) is 1.10. The third-order valence-electron chi connectivity index (χ3n) is 5.55. The number of amides is 1. The maximum Gasteiger partial charge on any atom is 0.350 e. The number of aliphatic hydroxyl groups is 1. The monoisotopic (exact) mass is 519 g/mol. The summed E-state index contributed by atoms with van der Waals surface area (Å²) in [7, 11) is 1.25. The molecule has 1 amide bonds. The Hall–Kier alpha value is -4.64. The number of thiazole rings is 1. The normalized spacial score (nSPS) is 16.5. The molecular formula is C26H21N3O7S. The summed E-state index contributed by atoms with van der Waals surface area (Å²) in [6.45, 7) is 5.09. The Morgan fingerprint density at radius 1 is 1.11 bits per heavy atom. The van der Waals surface area contributed by atoms with Crippen LogP contribution in [-0.2, 0) is 19.1 Å². The van der Waals surface area contributed by atoms with Crippen molar-refractivity contribution in [2.45, 2.75) is 13.0 Å². The predicted octanol–water partition coefficient (Wildman–Crippen LogP) is 3.60. The minimum absolute atomic E-state index is 0.00546. The highest BCUT2D eigenvalue weighted by Crippen LogP contribution is 2.44. The molecule has 1 aromatic carbocycles. The molecule has 0 aliphatic carbocycles. The van der Waals surface area contributed by atoms with Crippen molar-refractivity contribution < 1.29 is 33.8 Å². The fourth-order valence-corrected chi connectivity index (χ4v) is 4.79. The molecule has 37 heavy (non-hydrogen) atoms. The maximum absolute atomic E-state index is 13.3. The summed E-state index contributed by atoms with van der Waals surface area (Å²) in [5.74, 6) is -3.47. The number of pyridine rings is 1. The van der Waals surface area contributed by atoms with Crippen LogP contribution >= 0.6 is 11.3 Å². The van der Waals surface area contributed by atoms with Crippen molar-refractivity contribution >= 4 is 45.9 Å². The van der Waals surface area contributed by atoms with Gasteiger partial charge in [-0.1, -0.05) is 36.1 Å². The van der Waals surface area contributed by atoms with Gasteiger partial charge in [0.15, 0.2) is 5.13 Å². The highest BCUT2D eigenvalue weighted by molar-refractivity contribution is 7.17. The van der Waals surface area contributed by atoms with Gasteiger partial charge in [-0.25, -0.2) is 14.6 Å². The van der Waals surface area contributed by atoms with E-state index in [4.69, 9.17) is 9.47 Å². The SMILES string of the molecule is C=CCOC(=O)c1sc(N2C(=O)C(=O)C(=C(O)c3ccncc3)C2c2ccc(C(=O)OC)cc2)nc1C. The predicted molar refractivity (Wildman–Crippen MR) is 134 cm³/mol. The van der Waals surface area contributed by atoms with E-state index < -0.39 is 35.4 Å². The van der Waals surface area contributed by atoms with E-state index in [9.17, 15) is 24.3 Å². The van der Waals surface area contributed by atoms with Crippen LogP contribution < -0.4 is 4.90 Å². The van der Waals surface area contributed by atoms with Gasteiger partial charge in [0.1, 0.15) is 17.2 Å². The molecule has 1 fully saturated rings. The van der Waals surface area contributed by atoms with Crippen LogP contribution in [0.4, 0.5) is 5.13 Å². The number of anilines is 1. The van der Waals surface area contributed by atoms with Gasteiger partial charge >= 0.3 is 17.8 Å². The molecule has 0 bridgehead atoms. The van der Waals surface area contributed by atoms with E-state index in [0.717, 1.165) is 16.2 Å². The minimum Gasteiger partial charge on any atom is -0.507 e. The molecule has 2 aromatic heterocycles. The van der Waals surface area contributed by atoms with Gasteiger partial charge in [-0.15, -0.1) is 0 Å². The van der Waals surface area contributed by atoms with Crippen LogP contribution in [0.1, 0.15) is 42.9 Å². The summed E-state index contributed by atoms with van der Waals surface area (Å²) in [5, 5.41) is 11.2. The molecule has 0 saturated carbocycles. The molecule has 0 spiro atoms. The zero-order valence-electron chi connectivity index (χ0n) is 19.8. The number of methoxy groups -OCH3 is 1. The largest absolute Gasteiger partial charge is 0.507 e. The van der Waals surface area contributed by atoms with Crippen LogP contribution in [0, 0.1) is 6.92 Å². The van der Waals surface area contributed by atoms with E-state index >= 15 is 0 Å². The van der Waals surface area contributed by atoms with Gasteiger partial charge in [0.25, 0.3) is 5.78 Å². The molecule has 3 aromatic rings. The highest BCUT2D eigenvalue weighted by Gasteiger charge is 2.48. The second-order valence-electron chi connectivity index (χ2n) is 7.82. The quantitative estimate of drug-likeness (QED) is 0.163. The van der Waals surface area contributed by atoms with Gasteiger partial charge in [0.05, 0.1) is 30.0 Å². The molecule has 188 valence electrons. The molecule has 1 unspecified atom stereocenters. The summed E-state index contributed by atoms with van der Waals surface area (Å²) in [6, 6.07) is 7.98. The zero-order chi connectivity index (χ0) is 26.7. The van der Waals surface area contributed by atoms with Crippen molar-refractivity contribution in [3.8, 4) is 0 Å². The molecule has 10 nitrogen and oxygen atoms in total. The number of benzene rings is 1. The second-order valence-corrected chi connectivity index (χ2v) is 8.79. The first-order chi connectivity index (χ1) is 17.8. The Balaban J connectivity index is 1.87. The van der Waals surface area contributed by atoms with Gasteiger partial charge in [-0.3, -0.25) is 19.5 Å². The lowest BCUT2D eigenvalue weighted by Gasteiger charge is -2.23. The van der Waals surface area contributed by atoms with Crippen LogP contribution in [0.25, 0.3) is 5.76 Å². The number of aromatic nitrogens is 2. The number of ether oxygens (including phenoxy) is 2. The van der Waals surface area contributed by atoms with Gasteiger partial charge in [0.2, 0.25) is 0 Å². The number of rotatable bonds is 7. The number of ketones is 1. The lowest BCUT2D eigenvalue weighted by atomic mass is 9.95. The van der Waals surface area contributed by atoms with Gasteiger partial charge in [0, 0.05) is 18.0 Å². The first kappa shape index (κ1) is 25.5. The van der Waals surface area contributed by atoms with Gasteiger partial charge in [-0.2, -0.15) is 0 Å². The lowest BCUT2D eigenvalue weighted by Crippen LogP contribution is -2.29. The number of aryl methyl sites for hydroxylation is 1. The van der Waals surface area contributed by atoms with E-state index in [-0.39, 0.29) is 33.3 Å². The second kappa shape index (κ2) is 10.5. The molecule has 3 heterocycles. The molecule has 1 saturated heterocycles. The number of hydrogen-bond donors (Lipinski definition) is 1. The summed E-state index contributed by atoms with van der Waals surface area (Å²) in [6.07, 6.45) is 4.30. The van der Waals surface area contributed by atoms with Crippen LogP contribution in [0.5, 0.6) is 0 Å². The topological polar surface area (TPSA) is 136 Å². The average Bonchev–Trinajstić information content (AvgIpc) is 3.43. The third kappa shape index (κ3) is 4.76. The van der Waals surface area contributed by atoms with Crippen molar-refractivity contribution in [2.24, 2.45) is 0 Å². The van der Waals surface area contributed by atoms with E-state index in [1.807, 2.05) is 0 Å². The Morgan fingerprint density at radius 2 is 1.78 bits per heavy atom. The molecule has 1 atom stereocenters. The van der Waals surface area contributed by atoms with E-state index in [1.165, 1.54) is 49.8 Å². The number of aliphatic hydroxyl groups excluding tert-OH is 1. The third-order valence-corrected chi connectivity index (χ3v) is 6.69. The smallest absolute Gasteiger partial charge is 0.350 e. The van der Waals surface area contributed by atoms with E-state index in [1.54, 1.807) is 19.1 Å². The Bertz CT molecular complexity index is 1430. The average molecular weight is 520 g/mol. The van der Waals surface area contributed by atoms with Gasteiger partial charge in [-0.05, 0) is 36.8 Å². The minimum atomic E-state index is -1.09. The molecule has 4 rings (SSSR count). The van der Waals surface area contributed by atoms with E-state index in [0.29, 0.717) is 11.3 Å². The van der Waals surface area contributed by atoms with Crippen molar-refractivity contribution in [3.63, 3.8) is 0 Å². The fraction of sp³-hybridized carbons (Fsp3) is 0.154. The highest BCUT2D eigenvalue weighted by atomic mass is 32.1. The van der Waals surface area contributed by atoms with Crippen LogP contribution in [0.15, 0.2) is 67.0 Å². The summed E-state index contributed by atoms with van der Waals surface area (Å²) < 4.78 is 9.84. The van der Waals surface area contributed by atoms with Crippen molar-refractivity contribution in [2.75, 3.05) is 18.6 Å². The first-order valence-corrected chi connectivity index (χ1v) is 11.7. The molecule has 1 aliphatic rings. The van der Waals surface area contributed by atoms with Crippen molar-refractivity contribution in [1.82, 2.24) is 9.97 Å². The fourth-order valence-electron chi connectivity index (χ4n) is 3.80. The number of nitrogens with zero attached hydrogens (tertiary/aromatic N) is 3.